The number of carbonyl (C=O) groups is 1. The molecule has 1 aromatic carbocycles. The van der Waals surface area contributed by atoms with Gasteiger partial charge in [0.1, 0.15) is 0 Å². The maximum atomic E-state index is 12.4. The molecule has 0 bridgehead atoms. The second kappa shape index (κ2) is 6.60. The molecule has 0 atom stereocenters. The van der Waals surface area contributed by atoms with Gasteiger partial charge in [-0.05, 0) is 49.6 Å². The van der Waals surface area contributed by atoms with Gasteiger partial charge >= 0.3 is 0 Å². The van der Waals surface area contributed by atoms with Crippen molar-refractivity contribution >= 4 is 27.3 Å². The van der Waals surface area contributed by atoms with Crippen LogP contribution in [0.3, 0.4) is 0 Å². The van der Waals surface area contributed by atoms with Gasteiger partial charge < -0.3 is 5.32 Å². The van der Waals surface area contributed by atoms with Crippen molar-refractivity contribution in [3.63, 3.8) is 0 Å². The SMILES string of the molecule is Cc1ccc(C(=O)Nc2ccncc2)cc1N1CCCCS1(=O)=O. The Hall–Kier alpha value is -2.41. The van der Waals surface area contributed by atoms with Crippen molar-refractivity contribution in [1.82, 2.24) is 4.98 Å². The molecule has 6 nitrogen and oxygen atoms in total. The molecule has 7 heteroatoms. The minimum atomic E-state index is -3.31. The van der Waals surface area contributed by atoms with E-state index in [-0.39, 0.29) is 11.7 Å². The van der Waals surface area contributed by atoms with Crippen LogP contribution >= 0.6 is 0 Å². The predicted molar refractivity (Wildman–Crippen MR) is 93.7 cm³/mol. The van der Waals surface area contributed by atoms with E-state index in [4.69, 9.17) is 0 Å². The number of nitrogens with zero attached hydrogens (tertiary/aromatic N) is 2. The average Bonchev–Trinajstić information content (AvgIpc) is 2.56. The van der Waals surface area contributed by atoms with Crippen LogP contribution in [-0.2, 0) is 10.0 Å². The number of carbonyl (C=O) groups excluding carboxylic acids is 1. The quantitative estimate of drug-likeness (QED) is 0.927. The van der Waals surface area contributed by atoms with E-state index in [1.165, 1.54) is 4.31 Å². The lowest BCUT2D eigenvalue weighted by Crippen LogP contribution is -2.38. The van der Waals surface area contributed by atoms with Crippen LogP contribution in [-0.4, -0.2) is 31.6 Å². The van der Waals surface area contributed by atoms with Crippen molar-refractivity contribution in [3.05, 3.63) is 53.9 Å². The topological polar surface area (TPSA) is 79.4 Å². The van der Waals surface area contributed by atoms with Gasteiger partial charge in [-0.25, -0.2) is 8.42 Å². The molecule has 3 rings (SSSR count). The Morgan fingerprint density at radius 2 is 1.92 bits per heavy atom. The number of rotatable bonds is 3. The Kier molecular flexibility index (Phi) is 4.53. The minimum absolute atomic E-state index is 0.153. The van der Waals surface area contributed by atoms with Crippen LogP contribution < -0.4 is 9.62 Å². The highest BCUT2D eigenvalue weighted by Crippen LogP contribution is 2.28. The van der Waals surface area contributed by atoms with E-state index >= 15 is 0 Å². The zero-order valence-corrected chi connectivity index (χ0v) is 14.2. The monoisotopic (exact) mass is 345 g/mol. The van der Waals surface area contributed by atoms with E-state index in [1.54, 1.807) is 42.7 Å². The third kappa shape index (κ3) is 3.41. The van der Waals surface area contributed by atoms with Crippen LogP contribution in [0.25, 0.3) is 0 Å². The molecule has 1 aromatic heterocycles. The van der Waals surface area contributed by atoms with Crippen molar-refractivity contribution in [2.75, 3.05) is 21.9 Å². The van der Waals surface area contributed by atoms with E-state index in [1.807, 2.05) is 6.92 Å². The molecule has 0 aliphatic carbocycles. The summed E-state index contributed by atoms with van der Waals surface area (Å²) in [5, 5.41) is 2.78. The predicted octanol–water partition coefficient (Wildman–Crippen LogP) is 2.57. The molecule has 0 saturated carbocycles. The van der Waals surface area contributed by atoms with E-state index in [0.29, 0.717) is 29.9 Å². The first kappa shape index (κ1) is 16.4. The Balaban J connectivity index is 1.90. The van der Waals surface area contributed by atoms with Crippen LogP contribution in [0.5, 0.6) is 0 Å². The van der Waals surface area contributed by atoms with Crippen molar-refractivity contribution in [2.45, 2.75) is 19.8 Å². The number of nitrogens with one attached hydrogen (secondary N) is 1. The van der Waals surface area contributed by atoms with E-state index < -0.39 is 10.0 Å². The van der Waals surface area contributed by atoms with Gasteiger partial charge in [-0.2, -0.15) is 0 Å². The number of benzene rings is 1. The van der Waals surface area contributed by atoms with Gasteiger partial charge in [0.15, 0.2) is 0 Å². The smallest absolute Gasteiger partial charge is 0.255 e. The zero-order valence-electron chi connectivity index (χ0n) is 13.4. The second-order valence-electron chi connectivity index (χ2n) is 5.79. The van der Waals surface area contributed by atoms with Crippen molar-refractivity contribution < 1.29 is 13.2 Å². The summed E-state index contributed by atoms with van der Waals surface area (Å²) in [6.45, 7) is 2.31. The number of hydrogen-bond acceptors (Lipinski definition) is 4. The Morgan fingerprint density at radius 1 is 1.17 bits per heavy atom. The summed E-state index contributed by atoms with van der Waals surface area (Å²) in [6, 6.07) is 8.52. The van der Waals surface area contributed by atoms with Gasteiger partial charge in [-0.15, -0.1) is 0 Å². The molecule has 0 spiro atoms. The van der Waals surface area contributed by atoms with Crippen LogP contribution in [0.15, 0.2) is 42.7 Å². The molecule has 1 aliphatic rings. The number of aryl methyl sites for hydroxylation is 1. The normalized spacial score (nSPS) is 16.6. The summed E-state index contributed by atoms with van der Waals surface area (Å²) < 4.78 is 26.1. The Bertz CT molecular complexity index is 851. The molecular weight excluding hydrogens is 326 g/mol. The summed E-state index contributed by atoms with van der Waals surface area (Å²) in [6.07, 6.45) is 4.69. The molecular formula is C17H19N3O3S. The highest BCUT2D eigenvalue weighted by molar-refractivity contribution is 7.92. The Labute approximate surface area is 141 Å². The summed E-state index contributed by atoms with van der Waals surface area (Å²) in [4.78, 5) is 16.3. The lowest BCUT2D eigenvalue weighted by molar-refractivity contribution is 0.102. The molecule has 126 valence electrons. The van der Waals surface area contributed by atoms with Crippen LogP contribution in [0, 0.1) is 6.92 Å². The number of hydrogen-bond donors (Lipinski definition) is 1. The number of pyridine rings is 1. The average molecular weight is 345 g/mol. The van der Waals surface area contributed by atoms with E-state index in [0.717, 1.165) is 12.0 Å². The fourth-order valence-electron chi connectivity index (χ4n) is 2.72. The van der Waals surface area contributed by atoms with Gasteiger partial charge in [0.2, 0.25) is 10.0 Å². The molecule has 1 N–H and O–H groups in total. The lowest BCUT2D eigenvalue weighted by Gasteiger charge is -2.29. The Morgan fingerprint density at radius 3 is 2.62 bits per heavy atom. The molecule has 0 unspecified atom stereocenters. The molecule has 2 aromatic rings. The first-order chi connectivity index (χ1) is 11.5. The zero-order chi connectivity index (χ0) is 17.2. The maximum Gasteiger partial charge on any atom is 0.255 e. The molecule has 1 amide bonds. The first-order valence-electron chi connectivity index (χ1n) is 7.80. The van der Waals surface area contributed by atoms with Gasteiger partial charge in [0.25, 0.3) is 5.91 Å². The van der Waals surface area contributed by atoms with E-state index in [2.05, 4.69) is 10.3 Å². The number of aromatic nitrogens is 1. The highest BCUT2D eigenvalue weighted by Gasteiger charge is 2.27. The van der Waals surface area contributed by atoms with Crippen molar-refractivity contribution in [1.29, 1.82) is 0 Å². The van der Waals surface area contributed by atoms with Crippen molar-refractivity contribution in [3.8, 4) is 0 Å². The molecule has 0 radical (unpaired) electrons. The molecule has 24 heavy (non-hydrogen) atoms. The summed E-state index contributed by atoms with van der Waals surface area (Å²) in [5.41, 5.74) is 2.48. The molecule has 1 aliphatic heterocycles. The van der Waals surface area contributed by atoms with Gasteiger partial charge in [0.05, 0.1) is 11.4 Å². The summed E-state index contributed by atoms with van der Waals surface area (Å²) >= 11 is 0. The fraction of sp³-hybridized carbons (Fsp3) is 0.294. The third-order valence-corrected chi connectivity index (χ3v) is 5.88. The van der Waals surface area contributed by atoms with E-state index in [9.17, 15) is 13.2 Å². The van der Waals surface area contributed by atoms with Crippen LogP contribution in [0.1, 0.15) is 28.8 Å². The largest absolute Gasteiger partial charge is 0.322 e. The van der Waals surface area contributed by atoms with Crippen molar-refractivity contribution in [2.24, 2.45) is 0 Å². The van der Waals surface area contributed by atoms with Gasteiger partial charge in [-0.3, -0.25) is 14.1 Å². The number of sulfonamides is 1. The van der Waals surface area contributed by atoms with Crippen LogP contribution in [0.4, 0.5) is 11.4 Å². The molecule has 1 saturated heterocycles. The number of amides is 1. The van der Waals surface area contributed by atoms with Gasteiger partial charge in [-0.1, -0.05) is 6.07 Å². The minimum Gasteiger partial charge on any atom is -0.322 e. The number of anilines is 2. The van der Waals surface area contributed by atoms with Gasteiger partial charge in [0, 0.05) is 30.2 Å². The maximum absolute atomic E-state index is 12.4. The molecule has 1 fully saturated rings. The third-order valence-electron chi connectivity index (χ3n) is 4.03. The highest BCUT2D eigenvalue weighted by atomic mass is 32.2. The standard InChI is InChI=1S/C17H19N3O3S/c1-13-4-5-14(17(21)19-15-6-8-18-9-7-15)12-16(13)20-10-2-3-11-24(20,22)23/h4-9,12H,2-3,10-11H2,1H3,(H,18,19,21). The summed E-state index contributed by atoms with van der Waals surface area (Å²) in [5.74, 6) is -0.128. The fourth-order valence-corrected chi connectivity index (χ4v) is 4.41. The first-order valence-corrected chi connectivity index (χ1v) is 9.41. The molecule has 2 heterocycles. The van der Waals surface area contributed by atoms with Crippen LogP contribution in [0.2, 0.25) is 0 Å². The summed E-state index contributed by atoms with van der Waals surface area (Å²) in [7, 11) is -3.31. The second-order valence-corrected chi connectivity index (χ2v) is 7.80. The lowest BCUT2D eigenvalue weighted by atomic mass is 10.1.